The van der Waals surface area contributed by atoms with Crippen LogP contribution >= 0.6 is 0 Å². The van der Waals surface area contributed by atoms with Gasteiger partial charge in [-0.05, 0) is 17.7 Å². The van der Waals surface area contributed by atoms with Crippen molar-refractivity contribution in [2.24, 2.45) is 0 Å². The fourth-order valence-corrected chi connectivity index (χ4v) is 1.19. The zero-order valence-electron chi connectivity index (χ0n) is 8.55. The first-order valence-corrected chi connectivity index (χ1v) is 4.66. The van der Waals surface area contributed by atoms with E-state index >= 15 is 0 Å². The van der Waals surface area contributed by atoms with E-state index in [1.165, 1.54) is 12.1 Å². The van der Waals surface area contributed by atoms with Gasteiger partial charge in [0.05, 0.1) is 6.61 Å². The Bertz CT molecular complexity index is 350. The number of aliphatic hydroxyl groups excluding tert-OH is 3. The summed E-state index contributed by atoms with van der Waals surface area (Å²) in [6, 6.07) is 4.36. The summed E-state index contributed by atoms with van der Waals surface area (Å²) in [4.78, 5) is 0. The number of benzene rings is 1. The van der Waals surface area contributed by atoms with Crippen molar-refractivity contribution in [1.29, 1.82) is 0 Å². The summed E-state index contributed by atoms with van der Waals surface area (Å²) in [5.74, 6) is -0.424. The molecule has 0 amide bonds. The lowest BCUT2D eigenvalue weighted by molar-refractivity contribution is -0.274. The van der Waals surface area contributed by atoms with Crippen LogP contribution in [0.2, 0.25) is 0 Å². The normalized spacial score (nSPS) is 15.4. The number of alkyl halides is 3. The van der Waals surface area contributed by atoms with E-state index in [0.717, 1.165) is 12.1 Å². The third-order valence-corrected chi connectivity index (χ3v) is 2.01. The highest BCUT2D eigenvalue weighted by molar-refractivity contribution is 5.29. The third kappa shape index (κ3) is 4.22. The first-order chi connectivity index (χ1) is 7.83. The van der Waals surface area contributed by atoms with Crippen LogP contribution < -0.4 is 4.74 Å². The molecule has 0 bridgehead atoms. The Morgan fingerprint density at radius 3 is 2.06 bits per heavy atom. The van der Waals surface area contributed by atoms with Crippen molar-refractivity contribution >= 4 is 0 Å². The Kier molecular flexibility index (Phi) is 4.33. The van der Waals surface area contributed by atoms with E-state index in [9.17, 15) is 18.3 Å². The molecule has 3 N–H and O–H groups in total. The van der Waals surface area contributed by atoms with Crippen LogP contribution in [0.4, 0.5) is 13.2 Å². The van der Waals surface area contributed by atoms with E-state index in [1.54, 1.807) is 0 Å². The lowest BCUT2D eigenvalue weighted by Gasteiger charge is -2.16. The Morgan fingerprint density at radius 1 is 1.12 bits per heavy atom. The number of ether oxygens (including phenoxy) is 1. The maximum absolute atomic E-state index is 11.8. The average Bonchev–Trinajstić information content (AvgIpc) is 2.26. The van der Waals surface area contributed by atoms with Crippen molar-refractivity contribution in [3.8, 4) is 5.75 Å². The van der Waals surface area contributed by atoms with Crippen LogP contribution in [0.25, 0.3) is 0 Å². The zero-order valence-corrected chi connectivity index (χ0v) is 8.55. The molecular formula is C10H11F3O4. The second kappa shape index (κ2) is 5.35. The van der Waals surface area contributed by atoms with Crippen LogP contribution in [-0.4, -0.2) is 34.4 Å². The molecule has 2 unspecified atom stereocenters. The molecule has 0 saturated heterocycles. The molecule has 0 fully saturated rings. The molecule has 0 spiro atoms. The molecular weight excluding hydrogens is 241 g/mol. The number of halogens is 3. The summed E-state index contributed by atoms with van der Waals surface area (Å²) in [7, 11) is 0. The number of rotatable bonds is 4. The highest BCUT2D eigenvalue weighted by Gasteiger charge is 2.31. The number of hydrogen-bond acceptors (Lipinski definition) is 4. The van der Waals surface area contributed by atoms with Gasteiger partial charge in [0.15, 0.2) is 0 Å². The van der Waals surface area contributed by atoms with E-state index in [-0.39, 0.29) is 5.56 Å². The lowest BCUT2D eigenvalue weighted by atomic mass is 10.1. The van der Waals surface area contributed by atoms with Crippen molar-refractivity contribution in [3.05, 3.63) is 29.8 Å². The van der Waals surface area contributed by atoms with Gasteiger partial charge in [-0.1, -0.05) is 12.1 Å². The first-order valence-electron chi connectivity index (χ1n) is 4.66. The van der Waals surface area contributed by atoms with Gasteiger partial charge in [0, 0.05) is 0 Å². The standard InChI is InChI=1S/C10H11F3O4/c11-10(12,13)17-7-3-1-6(2-4-7)9(16)8(15)5-14/h1-4,8-9,14-16H,5H2. The van der Waals surface area contributed by atoms with Gasteiger partial charge < -0.3 is 20.1 Å². The molecule has 7 heteroatoms. The maximum Gasteiger partial charge on any atom is 0.573 e. The number of aliphatic hydroxyl groups is 3. The third-order valence-electron chi connectivity index (χ3n) is 2.01. The number of hydrogen-bond donors (Lipinski definition) is 3. The SMILES string of the molecule is OCC(O)C(O)c1ccc(OC(F)(F)F)cc1. The molecule has 0 aromatic heterocycles. The predicted molar refractivity (Wildman–Crippen MR) is 51.2 cm³/mol. The Hall–Kier alpha value is -1.31. The maximum atomic E-state index is 11.8. The fourth-order valence-electron chi connectivity index (χ4n) is 1.19. The summed E-state index contributed by atoms with van der Waals surface area (Å²) in [5.41, 5.74) is 0.182. The van der Waals surface area contributed by atoms with Gasteiger partial charge in [-0.2, -0.15) is 0 Å². The van der Waals surface area contributed by atoms with Crippen LogP contribution in [0.1, 0.15) is 11.7 Å². The van der Waals surface area contributed by atoms with Crippen molar-refractivity contribution in [2.45, 2.75) is 18.6 Å². The first kappa shape index (κ1) is 13.8. The van der Waals surface area contributed by atoms with Crippen molar-refractivity contribution < 1.29 is 33.2 Å². The molecule has 1 aromatic carbocycles. The van der Waals surface area contributed by atoms with E-state index in [0.29, 0.717) is 0 Å². The van der Waals surface area contributed by atoms with Crippen LogP contribution in [0, 0.1) is 0 Å². The summed E-state index contributed by atoms with van der Waals surface area (Å²) in [5, 5.41) is 27.2. The molecule has 0 aliphatic heterocycles. The Morgan fingerprint density at radius 2 is 1.65 bits per heavy atom. The lowest BCUT2D eigenvalue weighted by Crippen LogP contribution is -2.22. The van der Waals surface area contributed by atoms with Gasteiger partial charge in [0.25, 0.3) is 0 Å². The van der Waals surface area contributed by atoms with Crippen molar-refractivity contribution in [3.63, 3.8) is 0 Å². The van der Waals surface area contributed by atoms with Gasteiger partial charge in [-0.15, -0.1) is 13.2 Å². The zero-order chi connectivity index (χ0) is 13.1. The van der Waals surface area contributed by atoms with Gasteiger partial charge in [-0.25, -0.2) is 0 Å². The van der Waals surface area contributed by atoms with E-state index in [4.69, 9.17) is 10.2 Å². The monoisotopic (exact) mass is 252 g/mol. The van der Waals surface area contributed by atoms with Gasteiger partial charge >= 0.3 is 6.36 Å². The van der Waals surface area contributed by atoms with Gasteiger partial charge in [0.1, 0.15) is 18.0 Å². The Labute approximate surface area is 94.9 Å². The second-order valence-corrected chi connectivity index (χ2v) is 3.31. The molecule has 0 aliphatic rings. The molecule has 0 radical (unpaired) electrons. The quantitative estimate of drug-likeness (QED) is 0.746. The minimum absolute atomic E-state index is 0.182. The smallest absolute Gasteiger partial charge is 0.406 e. The van der Waals surface area contributed by atoms with Gasteiger partial charge in [-0.3, -0.25) is 0 Å². The highest BCUT2D eigenvalue weighted by Crippen LogP contribution is 2.25. The summed E-state index contributed by atoms with van der Waals surface area (Å²) < 4.78 is 39.1. The van der Waals surface area contributed by atoms with E-state index in [1.807, 2.05) is 0 Å². The van der Waals surface area contributed by atoms with Crippen LogP contribution in [0.3, 0.4) is 0 Å². The molecule has 1 rings (SSSR count). The highest BCUT2D eigenvalue weighted by atomic mass is 19.4. The molecule has 2 atom stereocenters. The molecule has 1 aromatic rings. The molecule has 4 nitrogen and oxygen atoms in total. The molecule has 0 heterocycles. The van der Waals surface area contributed by atoms with E-state index in [2.05, 4.69) is 4.74 Å². The second-order valence-electron chi connectivity index (χ2n) is 3.31. The summed E-state index contributed by atoms with van der Waals surface area (Å²) >= 11 is 0. The largest absolute Gasteiger partial charge is 0.573 e. The molecule has 96 valence electrons. The van der Waals surface area contributed by atoms with Crippen molar-refractivity contribution in [2.75, 3.05) is 6.61 Å². The minimum Gasteiger partial charge on any atom is -0.406 e. The molecule has 17 heavy (non-hydrogen) atoms. The van der Waals surface area contributed by atoms with Crippen LogP contribution in [0.5, 0.6) is 5.75 Å². The topological polar surface area (TPSA) is 69.9 Å². The Balaban J connectivity index is 2.74. The van der Waals surface area contributed by atoms with Crippen molar-refractivity contribution in [1.82, 2.24) is 0 Å². The van der Waals surface area contributed by atoms with Crippen LogP contribution in [-0.2, 0) is 0 Å². The van der Waals surface area contributed by atoms with Crippen LogP contribution in [0.15, 0.2) is 24.3 Å². The average molecular weight is 252 g/mol. The molecule has 0 saturated carbocycles. The summed E-state index contributed by atoms with van der Waals surface area (Å²) in [6.45, 7) is -0.651. The fraction of sp³-hybridized carbons (Fsp3) is 0.400. The predicted octanol–water partition coefficient (Wildman–Crippen LogP) is 0.972. The van der Waals surface area contributed by atoms with E-state index < -0.39 is 30.9 Å². The van der Waals surface area contributed by atoms with Gasteiger partial charge in [0.2, 0.25) is 0 Å². The molecule has 0 aliphatic carbocycles. The minimum atomic E-state index is -4.77. The summed E-state index contributed by atoms with van der Waals surface area (Å²) in [6.07, 6.45) is -7.52.